The molecule has 0 unspecified atom stereocenters. The number of hydrogen-bond acceptors (Lipinski definition) is 8. The lowest BCUT2D eigenvalue weighted by Gasteiger charge is -2.21. The summed E-state index contributed by atoms with van der Waals surface area (Å²) in [4.78, 5) is 38.8. The summed E-state index contributed by atoms with van der Waals surface area (Å²) in [7, 11) is 0. The summed E-state index contributed by atoms with van der Waals surface area (Å²) in [6.45, 7) is 7.88. The number of aromatic nitrogens is 1. The molecule has 0 saturated heterocycles. The van der Waals surface area contributed by atoms with Crippen molar-refractivity contribution in [3.8, 4) is 0 Å². The van der Waals surface area contributed by atoms with Gasteiger partial charge >= 0.3 is 17.9 Å². The van der Waals surface area contributed by atoms with Crippen LogP contribution in [-0.4, -0.2) is 73.1 Å². The van der Waals surface area contributed by atoms with Crippen LogP contribution in [-0.2, 0) is 32.2 Å². The molecule has 2 aromatic rings. The zero-order valence-corrected chi connectivity index (χ0v) is 20.1. The number of rotatable bonds is 14. The maximum atomic E-state index is 10.3. The minimum atomic E-state index is -2.74. The molecule has 2 aromatic heterocycles. The van der Waals surface area contributed by atoms with E-state index in [0.717, 1.165) is 38.4 Å². The van der Waals surface area contributed by atoms with Crippen LogP contribution in [0.25, 0.3) is 0 Å². The second-order valence-corrected chi connectivity index (χ2v) is 8.89. The molecule has 0 radical (unpaired) electrons. The summed E-state index contributed by atoms with van der Waals surface area (Å²) in [6, 6.07) is 10.4. The minimum Gasteiger partial charge on any atom is -0.481 e. The summed E-state index contributed by atoms with van der Waals surface area (Å²) in [5, 5.41) is 35.9. The van der Waals surface area contributed by atoms with Gasteiger partial charge in [-0.25, -0.2) is 4.79 Å². The quantitative estimate of drug-likeness (QED) is 0.287. The molecule has 34 heavy (non-hydrogen) atoms. The van der Waals surface area contributed by atoms with E-state index >= 15 is 0 Å². The summed E-state index contributed by atoms with van der Waals surface area (Å²) >= 11 is 1.81. The molecule has 0 fully saturated rings. The highest BCUT2D eigenvalue weighted by atomic mass is 32.1. The molecule has 0 saturated carbocycles. The van der Waals surface area contributed by atoms with E-state index in [1.807, 2.05) is 29.7 Å². The number of thiophene rings is 1. The van der Waals surface area contributed by atoms with Gasteiger partial charge in [0.05, 0.1) is 24.6 Å². The maximum Gasteiger partial charge on any atom is 0.336 e. The normalized spacial score (nSPS) is 11.2. The van der Waals surface area contributed by atoms with Crippen LogP contribution in [0.15, 0.2) is 41.9 Å². The third kappa shape index (κ3) is 12.4. The van der Waals surface area contributed by atoms with Crippen LogP contribution in [0.2, 0.25) is 0 Å². The van der Waals surface area contributed by atoms with Crippen LogP contribution in [0.5, 0.6) is 0 Å². The zero-order valence-electron chi connectivity index (χ0n) is 19.3. The number of aliphatic carboxylic acids is 3. The molecule has 2 heterocycles. The number of carboxylic acids is 3. The topological polar surface area (TPSA) is 157 Å². The smallest absolute Gasteiger partial charge is 0.336 e. The second-order valence-electron chi connectivity index (χ2n) is 7.86. The molecule has 0 aliphatic heterocycles. The largest absolute Gasteiger partial charge is 0.481 e. The van der Waals surface area contributed by atoms with Crippen molar-refractivity contribution >= 4 is 29.2 Å². The van der Waals surface area contributed by atoms with Gasteiger partial charge in [-0.15, -0.1) is 11.3 Å². The van der Waals surface area contributed by atoms with Gasteiger partial charge in [-0.3, -0.25) is 19.5 Å². The predicted molar refractivity (Wildman–Crippen MR) is 125 cm³/mol. The van der Waals surface area contributed by atoms with Gasteiger partial charge in [0.15, 0.2) is 5.60 Å². The standard InChI is InChI=1S/C17H24N2OS.C6H8O7/c1-15(2)20-11-6-10-19(14-17-8-5-12-21-17)13-16-7-3-4-9-18-16;7-3(8)1-6(13,5(11)12)2-4(9)10/h3-5,7-9,12,15H,6,10-11,13-14H2,1-2H3;13H,1-2H2,(H,7,8)(H,9,10)(H,11,12). The van der Waals surface area contributed by atoms with E-state index in [4.69, 9.17) is 25.2 Å². The Labute approximate surface area is 202 Å². The van der Waals surface area contributed by atoms with Gasteiger partial charge in [-0.2, -0.15) is 0 Å². The fraction of sp³-hybridized carbons (Fsp3) is 0.478. The van der Waals surface area contributed by atoms with Crippen molar-refractivity contribution in [2.75, 3.05) is 13.2 Å². The number of carboxylic acid groups (broad SMARTS) is 3. The van der Waals surface area contributed by atoms with Crippen LogP contribution in [0.1, 0.15) is 43.7 Å². The Balaban J connectivity index is 0.000000385. The molecule has 0 bridgehead atoms. The number of carbonyl (C=O) groups is 3. The molecule has 0 amide bonds. The molecule has 0 spiro atoms. The van der Waals surface area contributed by atoms with Gasteiger partial charge < -0.3 is 25.2 Å². The van der Waals surface area contributed by atoms with Gasteiger partial charge in [-0.1, -0.05) is 12.1 Å². The molecule has 0 aromatic carbocycles. The van der Waals surface area contributed by atoms with Crippen molar-refractivity contribution in [1.29, 1.82) is 0 Å². The maximum absolute atomic E-state index is 10.3. The van der Waals surface area contributed by atoms with Crippen molar-refractivity contribution in [1.82, 2.24) is 9.88 Å². The Kier molecular flexibility index (Phi) is 13.0. The Morgan fingerprint density at radius 2 is 1.74 bits per heavy atom. The van der Waals surface area contributed by atoms with Crippen LogP contribution in [0.4, 0.5) is 0 Å². The first-order chi connectivity index (χ1) is 16.0. The summed E-state index contributed by atoms with van der Waals surface area (Å²) in [5.74, 6) is -5.02. The fourth-order valence-corrected chi connectivity index (χ4v) is 3.63. The van der Waals surface area contributed by atoms with Crippen LogP contribution in [0, 0.1) is 0 Å². The van der Waals surface area contributed by atoms with E-state index in [-0.39, 0.29) is 0 Å². The molecular formula is C23H32N2O8S. The van der Waals surface area contributed by atoms with Crippen LogP contribution in [0.3, 0.4) is 0 Å². The predicted octanol–water partition coefficient (Wildman–Crippen LogP) is 2.71. The molecule has 188 valence electrons. The van der Waals surface area contributed by atoms with Crippen LogP contribution < -0.4 is 0 Å². The monoisotopic (exact) mass is 496 g/mol. The SMILES string of the molecule is CC(C)OCCCN(Cc1ccccn1)Cc1cccs1.O=C(O)CC(O)(CC(=O)O)C(=O)O. The van der Waals surface area contributed by atoms with Gasteiger partial charge in [0, 0.05) is 37.3 Å². The molecule has 0 aliphatic rings. The lowest BCUT2D eigenvalue weighted by Crippen LogP contribution is -2.42. The lowest BCUT2D eigenvalue weighted by molar-refractivity contribution is -0.170. The van der Waals surface area contributed by atoms with Gasteiger partial charge in [0.25, 0.3) is 0 Å². The number of ether oxygens (including phenoxy) is 1. The van der Waals surface area contributed by atoms with E-state index in [9.17, 15) is 14.4 Å². The van der Waals surface area contributed by atoms with E-state index in [1.165, 1.54) is 4.88 Å². The van der Waals surface area contributed by atoms with Crippen molar-refractivity contribution in [3.63, 3.8) is 0 Å². The Hall–Kier alpha value is -2.86. The van der Waals surface area contributed by atoms with E-state index < -0.39 is 36.4 Å². The summed E-state index contributed by atoms with van der Waals surface area (Å²) in [5.41, 5.74) is -1.61. The highest BCUT2D eigenvalue weighted by molar-refractivity contribution is 7.09. The Morgan fingerprint density at radius 1 is 1.06 bits per heavy atom. The molecule has 0 aliphatic carbocycles. The fourth-order valence-electron chi connectivity index (χ4n) is 2.88. The Morgan fingerprint density at radius 3 is 2.21 bits per heavy atom. The zero-order chi connectivity index (χ0) is 25.6. The average molecular weight is 497 g/mol. The molecular weight excluding hydrogens is 464 g/mol. The Bertz CT molecular complexity index is 858. The lowest BCUT2D eigenvalue weighted by atomic mass is 9.96. The average Bonchev–Trinajstić information content (AvgIpc) is 3.24. The molecule has 2 rings (SSSR count). The molecule has 11 heteroatoms. The first kappa shape index (κ1) is 29.2. The highest BCUT2D eigenvalue weighted by Gasteiger charge is 2.40. The van der Waals surface area contributed by atoms with Crippen molar-refractivity contribution in [2.24, 2.45) is 0 Å². The van der Waals surface area contributed by atoms with E-state index in [2.05, 4.69) is 47.3 Å². The number of hydrogen-bond donors (Lipinski definition) is 4. The first-order valence-corrected chi connectivity index (χ1v) is 11.6. The van der Waals surface area contributed by atoms with Crippen molar-refractivity contribution in [3.05, 3.63) is 52.5 Å². The van der Waals surface area contributed by atoms with Crippen molar-refractivity contribution in [2.45, 2.75) is 57.9 Å². The third-order valence-corrected chi connectivity index (χ3v) is 5.29. The van der Waals surface area contributed by atoms with E-state index in [1.54, 1.807) is 0 Å². The summed E-state index contributed by atoms with van der Waals surface area (Å²) in [6.07, 6.45) is 0.937. The van der Waals surface area contributed by atoms with Crippen LogP contribution >= 0.6 is 11.3 Å². The van der Waals surface area contributed by atoms with Gasteiger partial charge in [0.1, 0.15) is 0 Å². The highest BCUT2D eigenvalue weighted by Crippen LogP contribution is 2.16. The third-order valence-electron chi connectivity index (χ3n) is 4.43. The summed E-state index contributed by atoms with van der Waals surface area (Å²) < 4.78 is 5.64. The van der Waals surface area contributed by atoms with Crippen molar-refractivity contribution < 1.29 is 39.5 Å². The van der Waals surface area contributed by atoms with Gasteiger partial charge in [0.2, 0.25) is 0 Å². The number of nitrogens with zero attached hydrogens (tertiary/aromatic N) is 2. The van der Waals surface area contributed by atoms with E-state index in [0.29, 0.717) is 6.10 Å². The van der Waals surface area contributed by atoms with Gasteiger partial charge in [-0.05, 0) is 43.8 Å². The minimum absolute atomic E-state index is 0.312. The molecule has 0 atom stereocenters. The number of pyridine rings is 1. The molecule has 10 nitrogen and oxygen atoms in total. The number of aliphatic hydroxyl groups is 1. The second kappa shape index (κ2) is 15.1. The first-order valence-electron chi connectivity index (χ1n) is 10.7. The molecule has 4 N–H and O–H groups in total.